The fourth-order valence-corrected chi connectivity index (χ4v) is 3.14. The number of rotatable bonds is 4. The van der Waals surface area contributed by atoms with Gasteiger partial charge in [-0.1, -0.05) is 32.9 Å². The smallest absolute Gasteiger partial charge is 0.224 e. The molecule has 1 aromatic rings. The van der Waals surface area contributed by atoms with E-state index in [2.05, 4.69) is 26.1 Å². The third-order valence-electron chi connectivity index (χ3n) is 4.20. The van der Waals surface area contributed by atoms with Crippen LogP contribution < -0.4 is 11.1 Å². The Morgan fingerprint density at radius 1 is 1.32 bits per heavy atom. The predicted molar refractivity (Wildman–Crippen MR) is 89.5 cm³/mol. The first-order valence-electron chi connectivity index (χ1n) is 8.09. The molecule has 0 radical (unpaired) electrons. The van der Waals surface area contributed by atoms with E-state index in [0.29, 0.717) is 18.9 Å². The lowest BCUT2D eigenvalue weighted by atomic mass is 9.78. The lowest BCUT2D eigenvalue weighted by Gasteiger charge is -2.40. The van der Waals surface area contributed by atoms with Gasteiger partial charge in [-0.05, 0) is 36.0 Å². The first kappa shape index (κ1) is 16.8. The van der Waals surface area contributed by atoms with Gasteiger partial charge >= 0.3 is 0 Å². The highest BCUT2D eigenvalue weighted by molar-refractivity contribution is 5.78. The average Bonchev–Trinajstić information content (AvgIpc) is 2.47. The van der Waals surface area contributed by atoms with E-state index in [1.807, 2.05) is 24.3 Å². The summed E-state index contributed by atoms with van der Waals surface area (Å²) in [5.74, 6) is 0.451. The quantitative estimate of drug-likeness (QED) is 0.841. The highest BCUT2D eigenvalue weighted by Gasteiger charge is 2.35. The summed E-state index contributed by atoms with van der Waals surface area (Å²) in [7, 11) is 0. The van der Waals surface area contributed by atoms with Gasteiger partial charge in [0.05, 0.1) is 12.5 Å². The normalized spacial score (nSPS) is 22.3. The predicted octanol–water partition coefficient (Wildman–Crippen LogP) is 2.77. The number of nitrogen functional groups attached to an aromatic ring is 1. The minimum atomic E-state index is 0.0583. The van der Waals surface area contributed by atoms with Crippen molar-refractivity contribution >= 4 is 11.6 Å². The number of nitrogens with one attached hydrogen (secondary N) is 1. The van der Waals surface area contributed by atoms with E-state index in [4.69, 9.17) is 10.5 Å². The van der Waals surface area contributed by atoms with E-state index in [9.17, 15) is 4.79 Å². The molecule has 0 bridgehead atoms. The number of amides is 1. The maximum Gasteiger partial charge on any atom is 0.224 e. The number of carbonyl (C=O) groups is 1. The molecule has 1 heterocycles. The number of ether oxygens (including phenoxy) is 1. The van der Waals surface area contributed by atoms with Gasteiger partial charge in [-0.2, -0.15) is 0 Å². The van der Waals surface area contributed by atoms with Gasteiger partial charge in [0, 0.05) is 24.8 Å². The van der Waals surface area contributed by atoms with Crippen LogP contribution in [0.15, 0.2) is 24.3 Å². The molecule has 22 heavy (non-hydrogen) atoms. The summed E-state index contributed by atoms with van der Waals surface area (Å²) in [5.41, 5.74) is 7.46. The minimum Gasteiger partial charge on any atom is -0.399 e. The van der Waals surface area contributed by atoms with E-state index in [1.54, 1.807) is 0 Å². The average molecular weight is 304 g/mol. The Labute approximate surface area is 133 Å². The molecular weight excluding hydrogens is 276 g/mol. The number of carbonyl (C=O) groups excluding carboxylic acids is 1. The first-order valence-corrected chi connectivity index (χ1v) is 8.09. The molecule has 0 saturated carbocycles. The highest BCUT2D eigenvalue weighted by atomic mass is 16.5. The van der Waals surface area contributed by atoms with Gasteiger partial charge < -0.3 is 15.8 Å². The van der Waals surface area contributed by atoms with Gasteiger partial charge in [0.15, 0.2) is 0 Å². The molecule has 0 aromatic heterocycles. The Morgan fingerprint density at radius 3 is 2.64 bits per heavy atom. The fourth-order valence-electron chi connectivity index (χ4n) is 3.14. The second-order valence-corrected chi connectivity index (χ2v) is 7.28. The van der Waals surface area contributed by atoms with Crippen molar-refractivity contribution in [3.8, 4) is 0 Å². The molecule has 0 spiro atoms. The van der Waals surface area contributed by atoms with Crippen molar-refractivity contribution in [1.29, 1.82) is 0 Å². The molecule has 1 fully saturated rings. The van der Waals surface area contributed by atoms with Crippen LogP contribution in [-0.4, -0.2) is 25.2 Å². The van der Waals surface area contributed by atoms with Crippen LogP contribution in [0.1, 0.15) is 39.2 Å². The van der Waals surface area contributed by atoms with E-state index in [0.717, 1.165) is 30.7 Å². The summed E-state index contributed by atoms with van der Waals surface area (Å²) in [6.45, 7) is 8.12. The minimum absolute atomic E-state index is 0.0583. The molecule has 1 aliphatic rings. The molecule has 0 aliphatic carbocycles. The van der Waals surface area contributed by atoms with Crippen LogP contribution >= 0.6 is 0 Å². The summed E-state index contributed by atoms with van der Waals surface area (Å²) in [5, 5.41) is 3.07. The molecule has 1 aliphatic heterocycles. The van der Waals surface area contributed by atoms with Crippen LogP contribution in [0.3, 0.4) is 0 Å². The van der Waals surface area contributed by atoms with Gasteiger partial charge in [-0.3, -0.25) is 4.79 Å². The van der Waals surface area contributed by atoms with Crippen molar-refractivity contribution in [3.63, 3.8) is 0 Å². The van der Waals surface area contributed by atoms with Crippen LogP contribution in [-0.2, 0) is 16.0 Å². The Kier molecular flexibility index (Phi) is 5.46. The van der Waals surface area contributed by atoms with Crippen molar-refractivity contribution in [1.82, 2.24) is 5.32 Å². The Morgan fingerprint density at radius 2 is 2.00 bits per heavy atom. The number of benzene rings is 1. The van der Waals surface area contributed by atoms with Crippen LogP contribution in [0.4, 0.5) is 5.69 Å². The summed E-state index contributed by atoms with van der Waals surface area (Å²) in [6.07, 6.45) is 2.79. The molecule has 2 unspecified atom stereocenters. The van der Waals surface area contributed by atoms with Crippen LogP contribution in [0.25, 0.3) is 0 Å². The highest BCUT2D eigenvalue weighted by Crippen LogP contribution is 2.33. The van der Waals surface area contributed by atoms with Crippen molar-refractivity contribution in [2.24, 2.45) is 11.3 Å². The number of hydrogen-bond acceptors (Lipinski definition) is 3. The number of nitrogens with two attached hydrogens (primary N) is 1. The molecule has 122 valence electrons. The second kappa shape index (κ2) is 7.14. The zero-order valence-electron chi connectivity index (χ0n) is 13.9. The number of hydrogen-bond donors (Lipinski definition) is 2. The van der Waals surface area contributed by atoms with Crippen molar-refractivity contribution < 1.29 is 9.53 Å². The second-order valence-electron chi connectivity index (χ2n) is 7.28. The maximum absolute atomic E-state index is 12.1. The molecular formula is C18H28N2O2. The van der Waals surface area contributed by atoms with Crippen molar-refractivity contribution in [2.75, 3.05) is 18.9 Å². The molecule has 2 atom stereocenters. The Bertz CT molecular complexity index is 491. The molecule has 1 amide bonds. The topological polar surface area (TPSA) is 64.3 Å². The van der Waals surface area contributed by atoms with Crippen molar-refractivity contribution in [2.45, 2.75) is 46.1 Å². The Balaban J connectivity index is 1.85. The van der Waals surface area contributed by atoms with E-state index >= 15 is 0 Å². The van der Waals surface area contributed by atoms with Gasteiger partial charge in [0.2, 0.25) is 5.91 Å². The van der Waals surface area contributed by atoms with Crippen LogP contribution in [0.5, 0.6) is 0 Å². The number of anilines is 1. The molecule has 4 nitrogen and oxygen atoms in total. The van der Waals surface area contributed by atoms with E-state index in [-0.39, 0.29) is 17.4 Å². The third-order valence-corrected chi connectivity index (χ3v) is 4.20. The monoisotopic (exact) mass is 304 g/mol. The fraction of sp³-hybridized carbons (Fsp3) is 0.611. The molecule has 1 aromatic carbocycles. The van der Waals surface area contributed by atoms with Gasteiger partial charge in [-0.25, -0.2) is 0 Å². The van der Waals surface area contributed by atoms with Crippen LogP contribution in [0.2, 0.25) is 0 Å². The molecule has 3 N–H and O–H groups in total. The van der Waals surface area contributed by atoms with E-state index < -0.39 is 0 Å². The summed E-state index contributed by atoms with van der Waals surface area (Å²) in [6, 6.07) is 7.45. The van der Waals surface area contributed by atoms with Gasteiger partial charge in [0.25, 0.3) is 0 Å². The standard InChI is InChI=1S/C18H28N2O2/c1-18(2,3)17-14(5-4-10-22-17)12-20-16(21)11-13-6-8-15(19)9-7-13/h6-9,14,17H,4-5,10-12,19H2,1-3H3,(H,20,21). The Hall–Kier alpha value is -1.55. The summed E-state index contributed by atoms with van der Waals surface area (Å²) < 4.78 is 5.95. The molecule has 4 heteroatoms. The zero-order chi connectivity index (χ0) is 16.2. The van der Waals surface area contributed by atoms with Gasteiger partial charge in [0.1, 0.15) is 0 Å². The lowest BCUT2D eigenvalue weighted by Crippen LogP contribution is -2.45. The molecule has 2 rings (SSSR count). The van der Waals surface area contributed by atoms with Crippen molar-refractivity contribution in [3.05, 3.63) is 29.8 Å². The lowest BCUT2D eigenvalue weighted by molar-refractivity contribution is -0.122. The zero-order valence-corrected chi connectivity index (χ0v) is 13.9. The largest absolute Gasteiger partial charge is 0.399 e. The van der Waals surface area contributed by atoms with Gasteiger partial charge in [-0.15, -0.1) is 0 Å². The molecule has 1 saturated heterocycles. The summed E-state index contributed by atoms with van der Waals surface area (Å²) in [4.78, 5) is 12.1. The van der Waals surface area contributed by atoms with Crippen LogP contribution in [0, 0.1) is 11.3 Å². The maximum atomic E-state index is 12.1. The SMILES string of the molecule is CC(C)(C)C1OCCCC1CNC(=O)Cc1ccc(N)cc1. The summed E-state index contributed by atoms with van der Waals surface area (Å²) >= 11 is 0. The van der Waals surface area contributed by atoms with E-state index in [1.165, 1.54) is 0 Å². The first-order chi connectivity index (χ1) is 10.4. The third kappa shape index (κ3) is 4.73.